The lowest BCUT2D eigenvalue weighted by Gasteiger charge is -2.34. The smallest absolute Gasteiger partial charge is 0.369 e. The van der Waals surface area contributed by atoms with Crippen molar-refractivity contribution >= 4 is 16.7 Å². The Bertz CT molecular complexity index is 948. The van der Waals surface area contributed by atoms with Gasteiger partial charge in [0.1, 0.15) is 17.1 Å². The van der Waals surface area contributed by atoms with Gasteiger partial charge in [-0.3, -0.25) is 9.97 Å². The summed E-state index contributed by atoms with van der Waals surface area (Å²) in [5.74, 6) is -1.31. The minimum atomic E-state index is -4.26. The molecule has 0 aliphatic carbocycles. The van der Waals surface area contributed by atoms with Crippen LogP contribution < -0.4 is 10.6 Å². The van der Waals surface area contributed by atoms with Gasteiger partial charge in [-0.15, -0.1) is 0 Å². The van der Waals surface area contributed by atoms with Crippen molar-refractivity contribution in [2.45, 2.75) is 25.4 Å². The Hall–Kier alpha value is -2.44. The maximum absolute atomic E-state index is 13.9. The molecule has 0 amide bonds. The highest BCUT2D eigenvalue weighted by Gasteiger charge is 2.50. The number of nitrogens with two attached hydrogens (primary N) is 1. The fraction of sp³-hybridized carbons (Fsp3) is 0.591. The van der Waals surface area contributed by atoms with Gasteiger partial charge in [-0.05, 0) is 56.9 Å². The van der Waals surface area contributed by atoms with Gasteiger partial charge in [-0.2, -0.15) is 18.4 Å². The maximum atomic E-state index is 13.9. The van der Waals surface area contributed by atoms with Crippen LogP contribution in [-0.2, 0) is 0 Å². The van der Waals surface area contributed by atoms with E-state index in [-0.39, 0.29) is 6.54 Å². The number of benzene rings is 1. The molecule has 0 radical (unpaired) electrons. The first-order valence-electron chi connectivity index (χ1n) is 10.8. The van der Waals surface area contributed by atoms with Crippen molar-refractivity contribution in [1.82, 2.24) is 14.9 Å². The Morgan fingerprint density at radius 3 is 2.45 bits per heavy atom. The summed E-state index contributed by atoms with van der Waals surface area (Å²) in [6, 6.07) is 5.39. The minimum Gasteiger partial charge on any atom is -0.369 e. The molecule has 166 valence electrons. The van der Waals surface area contributed by atoms with Gasteiger partial charge in [-0.25, -0.2) is 0 Å². The number of halogens is 3. The lowest BCUT2D eigenvalue weighted by molar-refractivity contribution is -0.180. The van der Waals surface area contributed by atoms with Crippen molar-refractivity contribution < 1.29 is 13.2 Å². The fourth-order valence-corrected chi connectivity index (χ4v) is 5.04. The molecule has 6 nitrogen and oxygen atoms in total. The molecule has 31 heavy (non-hydrogen) atoms. The predicted molar refractivity (Wildman–Crippen MR) is 112 cm³/mol. The van der Waals surface area contributed by atoms with E-state index in [1.807, 2.05) is 0 Å². The number of alkyl halides is 3. The predicted octanol–water partition coefficient (Wildman–Crippen LogP) is 3.18. The SMILES string of the molecule is N#Cc1ccc(N2C[C@H](CN3CCC(CCN)CC3)[C@@H](C(F)(F)F)C2)c2nccnc12. The van der Waals surface area contributed by atoms with Crippen LogP contribution in [-0.4, -0.2) is 60.3 Å². The largest absolute Gasteiger partial charge is 0.393 e. The summed E-state index contributed by atoms with van der Waals surface area (Å²) in [4.78, 5) is 12.5. The quantitative estimate of drug-likeness (QED) is 0.782. The number of likely N-dealkylation sites (tertiary alicyclic amines) is 1. The zero-order valence-corrected chi connectivity index (χ0v) is 17.4. The van der Waals surface area contributed by atoms with Gasteiger partial charge in [0.25, 0.3) is 0 Å². The van der Waals surface area contributed by atoms with E-state index in [0.29, 0.717) is 47.8 Å². The Kier molecular flexibility index (Phi) is 6.30. The normalized spacial score (nSPS) is 23.4. The Labute approximate surface area is 179 Å². The molecule has 0 saturated carbocycles. The van der Waals surface area contributed by atoms with Gasteiger partial charge in [0.15, 0.2) is 0 Å². The van der Waals surface area contributed by atoms with E-state index in [0.717, 1.165) is 32.4 Å². The molecule has 2 aliphatic heterocycles. The van der Waals surface area contributed by atoms with Crippen LogP contribution in [0.1, 0.15) is 24.8 Å². The van der Waals surface area contributed by atoms with Crippen LogP contribution in [0.3, 0.4) is 0 Å². The molecule has 9 heteroatoms. The zero-order valence-electron chi connectivity index (χ0n) is 17.4. The van der Waals surface area contributed by atoms with Gasteiger partial charge in [0.2, 0.25) is 0 Å². The monoisotopic (exact) mass is 432 g/mol. The van der Waals surface area contributed by atoms with Crippen LogP contribution in [0.5, 0.6) is 0 Å². The zero-order chi connectivity index (χ0) is 22.0. The van der Waals surface area contributed by atoms with E-state index in [2.05, 4.69) is 20.9 Å². The molecule has 0 spiro atoms. The summed E-state index contributed by atoms with van der Waals surface area (Å²) in [5.41, 5.74) is 7.54. The van der Waals surface area contributed by atoms with Crippen LogP contribution in [0.25, 0.3) is 11.0 Å². The Balaban J connectivity index is 1.54. The first-order valence-corrected chi connectivity index (χ1v) is 10.8. The van der Waals surface area contributed by atoms with E-state index < -0.39 is 18.0 Å². The van der Waals surface area contributed by atoms with Crippen molar-refractivity contribution in [3.8, 4) is 6.07 Å². The second-order valence-electron chi connectivity index (χ2n) is 8.63. The number of hydrogen-bond acceptors (Lipinski definition) is 6. The molecule has 3 heterocycles. The average molecular weight is 432 g/mol. The number of aromatic nitrogens is 2. The summed E-state index contributed by atoms with van der Waals surface area (Å²) >= 11 is 0. The van der Waals surface area contributed by atoms with E-state index in [1.54, 1.807) is 17.0 Å². The molecule has 1 aromatic carbocycles. The molecule has 0 bridgehead atoms. The van der Waals surface area contributed by atoms with E-state index in [9.17, 15) is 18.4 Å². The molecule has 2 aromatic rings. The number of anilines is 1. The molecular weight excluding hydrogens is 405 g/mol. The summed E-state index contributed by atoms with van der Waals surface area (Å²) in [6.07, 6.45) is 1.73. The van der Waals surface area contributed by atoms with Crippen LogP contribution in [0, 0.1) is 29.1 Å². The van der Waals surface area contributed by atoms with E-state index in [1.165, 1.54) is 12.4 Å². The number of fused-ring (bicyclic) bond motifs is 1. The van der Waals surface area contributed by atoms with Gasteiger partial charge >= 0.3 is 6.18 Å². The first kappa shape index (κ1) is 21.8. The highest BCUT2D eigenvalue weighted by Crippen LogP contribution is 2.41. The number of hydrogen-bond donors (Lipinski definition) is 1. The third-order valence-corrected chi connectivity index (χ3v) is 6.70. The molecule has 2 N–H and O–H groups in total. The van der Waals surface area contributed by atoms with E-state index in [4.69, 9.17) is 5.73 Å². The maximum Gasteiger partial charge on any atom is 0.393 e. The molecule has 2 saturated heterocycles. The third-order valence-electron chi connectivity index (χ3n) is 6.70. The topological polar surface area (TPSA) is 82.1 Å². The summed E-state index contributed by atoms with van der Waals surface area (Å²) < 4.78 is 41.8. The Morgan fingerprint density at radius 2 is 1.81 bits per heavy atom. The summed E-state index contributed by atoms with van der Waals surface area (Å²) in [7, 11) is 0. The van der Waals surface area contributed by atoms with Crippen LogP contribution in [0.15, 0.2) is 24.5 Å². The molecule has 2 aliphatic rings. The Morgan fingerprint density at radius 1 is 1.10 bits per heavy atom. The van der Waals surface area contributed by atoms with Crippen molar-refractivity contribution in [1.29, 1.82) is 5.26 Å². The second-order valence-corrected chi connectivity index (χ2v) is 8.63. The lowest BCUT2D eigenvalue weighted by atomic mass is 9.91. The average Bonchev–Trinajstić information content (AvgIpc) is 3.18. The van der Waals surface area contributed by atoms with Crippen molar-refractivity contribution in [3.63, 3.8) is 0 Å². The molecule has 1 aromatic heterocycles. The van der Waals surface area contributed by atoms with Crippen molar-refractivity contribution in [2.75, 3.05) is 44.2 Å². The number of nitriles is 1. The summed E-state index contributed by atoms with van der Waals surface area (Å²) in [6.45, 7) is 2.98. The first-order chi connectivity index (χ1) is 14.9. The van der Waals surface area contributed by atoms with Crippen LogP contribution in [0.4, 0.5) is 18.9 Å². The van der Waals surface area contributed by atoms with Crippen LogP contribution >= 0.6 is 0 Å². The van der Waals surface area contributed by atoms with Crippen LogP contribution in [0.2, 0.25) is 0 Å². The lowest BCUT2D eigenvalue weighted by Crippen LogP contribution is -2.41. The highest BCUT2D eigenvalue weighted by atomic mass is 19.4. The van der Waals surface area contributed by atoms with Crippen molar-refractivity contribution in [2.24, 2.45) is 23.5 Å². The van der Waals surface area contributed by atoms with Crippen molar-refractivity contribution in [3.05, 3.63) is 30.1 Å². The second kappa shape index (κ2) is 8.97. The number of rotatable bonds is 5. The number of piperidine rings is 1. The summed E-state index contributed by atoms with van der Waals surface area (Å²) in [5, 5.41) is 9.32. The fourth-order valence-electron chi connectivity index (χ4n) is 5.04. The van der Waals surface area contributed by atoms with Gasteiger partial charge in [0, 0.05) is 37.9 Å². The van der Waals surface area contributed by atoms with Gasteiger partial charge in [0.05, 0.1) is 17.2 Å². The molecular formula is C22H27F3N6. The van der Waals surface area contributed by atoms with Gasteiger partial charge in [-0.1, -0.05) is 0 Å². The minimum absolute atomic E-state index is 0.102. The van der Waals surface area contributed by atoms with E-state index >= 15 is 0 Å². The highest BCUT2D eigenvalue weighted by molar-refractivity contribution is 5.92. The molecule has 2 atom stereocenters. The number of nitrogens with zero attached hydrogens (tertiary/aromatic N) is 5. The third kappa shape index (κ3) is 4.60. The van der Waals surface area contributed by atoms with Gasteiger partial charge < -0.3 is 15.5 Å². The standard InChI is InChI=1S/C22H27F3N6/c23-22(24,25)18-14-31(13-17(18)12-30-9-4-15(3-6-26)5-10-30)19-2-1-16(11-27)20-21(19)29-8-7-28-20/h1-2,7-8,15,17-18H,3-6,9-10,12-14,26H2/t17-,18-/m0/s1. The molecule has 0 unspecified atom stereocenters. The molecule has 2 fully saturated rings. The molecule has 4 rings (SSSR count).